The van der Waals surface area contributed by atoms with Crippen LogP contribution in [0.1, 0.15) is 10.4 Å². The predicted octanol–water partition coefficient (Wildman–Crippen LogP) is 6.58. The predicted molar refractivity (Wildman–Crippen MR) is 133 cm³/mol. The van der Waals surface area contributed by atoms with E-state index in [1.807, 2.05) is 84.9 Å². The van der Waals surface area contributed by atoms with Crippen LogP contribution in [0, 0.1) is 0 Å². The van der Waals surface area contributed by atoms with E-state index in [-0.39, 0.29) is 5.56 Å². The number of ether oxygens (including phenoxy) is 1. The fourth-order valence-corrected chi connectivity index (χ4v) is 4.02. The lowest BCUT2D eigenvalue weighted by Crippen LogP contribution is -2.02. The summed E-state index contributed by atoms with van der Waals surface area (Å²) in [4.78, 5) is 16.6. The van der Waals surface area contributed by atoms with Gasteiger partial charge in [-0.2, -0.15) is 0 Å². The van der Waals surface area contributed by atoms with Crippen molar-refractivity contribution >= 4 is 5.97 Å². The van der Waals surface area contributed by atoms with E-state index in [4.69, 9.17) is 9.72 Å². The minimum absolute atomic E-state index is 0.236. The quantitative estimate of drug-likeness (QED) is 0.320. The molecule has 0 saturated carbocycles. The first-order valence-corrected chi connectivity index (χ1v) is 10.9. The number of benzene rings is 4. The highest BCUT2D eigenvalue weighted by atomic mass is 16.5. The number of nitrogens with zero attached hydrogens (tertiary/aromatic N) is 2. The van der Waals surface area contributed by atoms with Crippen molar-refractivity contribution in [3.8, 4) is 45.3 Å². The second-order valence-corrected chi connectivity index (χ2v) is 7.78. The fraction of sp³-hybridized carbons (Fsp3) is 0.0345. The van der Waals surface area contributed by atoms with Crippen LogP contribution in [0.4, 0.5) is 0 Å². The lowest BCUT2D eigenvalue weighted by Gasteiger charge is -2.14. The molecule has 0 spiro atoms. The van der Waals surface area contributed by atoms with Crippen molar-refractivity contribution in [2.45, 2.75) is 0 Å². The second kappa shape index (κ2) is 9.08. The van der Waals surface area contributed by atoms with Gasteiger partial charge in [0.25, 0.3) is 0 Å². The molecule has 5 nitrogen and oxygen atoms in total. The van der Waals surface area contributed by atoms with Crippen molar-refractivity contribution in [2.75, 3.05) is 7.11 Å². The molecule has 34 heavy (non-hydrogen) atoms. The third-order valence-corrected chi connectivity index (χ3v) is 5.69. The van der Waals surface area contributed by atoms with Gasteiger partial charge in [0.2, 0.25) is 0 Å². The number of methoxy groups -OCH3 is 1. The van der Waals surface area contributed by atoms with E-state index in [0.717, 1.165) is 45.3 Å². The Morgan fingerprint density at radius 3 is 1.88 bits per heavy atom. The van der Waals surface area contributed by atoms with Gasteiger partial charge in [0.05, 0.1) is 24.1 Å². The normalized spacial score (nSPS) is 10.7. The summed E-state index contributed by atoms with van der Waals surface area (Å²) >= 11 is 0. The van der Waals surface area contributed by atoms with Gasteiger partial charge in [-0.05, 0) is 48.5 Å². The summed E-state index contributed by atoms with van der Waals surface area (Å²) < 4.78 is 7.43. The molecule has 0 bridgehead atoms. The SMILES string of the molecule is COc1ccc(-c2nc(-c3ccccc3)c(-c3ccccc3)n2-c2ccc(C(=O)O)cc2)cc1. The van der Waals surface area contributed by atoms with Crippen LogP contribution in [-0.4, -0.2) is 27.7 Å². The van der Waals surface area contributed by atoms with Crippen LogP contribution >= 0.6 is 0 Å². The standard InChI is InChI=1S/C29H22N2O3/c1-34-25-18-14-22(15-19-25)28-30-26(20-8-4-2-5-9-20)27(21-10-6-3-7-11-21)31(28)24-16-12-23(13-17-24)29(32)33/h2-19H,1H3,(H,32,33). The van der Waals surface area contributed by atoms with Crippen molar-refractivity contribution in [3.05, 3.63) is 115 Å². The zero-order valence-corrected chi connectivity index (χ0v) is 18.6. The van der Waals surface area contributed by atoms with Crippen molar-refractivity contribution in [1.82, 2.24) is 9.55 Å². The number of aromatic nitrogens is 2. The smallest absolute Gasteiger partial charge is 0.335 e. The maximum atomic E-state index is 11.4. The maximum absolute atomic E-state index is 11.4. The van der Waals surface area contributed by atoms with Gasteiger partial charge in [0.1, 0.15) is 11.6 Å². The Kier molecular flexibility index (Phi) is 5.67. The Morgan fingerprint density at radius 2 is 1.32 bits per heavy atom. The number of carboxylic acids is 1. The maximum Gasteiger partial charge on any atom is 0.335 e. The van der Waals surface area contributed by atoms with Crippen molar-refractivity contribution < 1.29 is 14.6 Å². The van der Waals surface area contributed by atoms with Gasteiger partial charge in [-0.1, -0.05) is 60.7 Å². The van der Waals surface area contributed by atoms with Crippen molar-refractivity contribution in [1.29, 1.82) is 0 Å². The molecule has 1 N–H and O–H groups in total. The molecule has 5 rings (SSSR count). The van der Waals surface area contributed by atoms with Crippen LogP contribution in [0.25, 0.3) is 39.6 Å². The third-order valence-electron chi connectivity index (χ3n) is 5.69. The summed E-state index contributed by atoms with van der Waals surface area (Å²) in [6.07, 6.45) is 0. The number of carboxylic acid groups (broad SMARTS) is 1. The monoisotopic (exact) mass is 446 g/mol. The lowest BCUT2D eigenvalue weighted by atomic mass is 10.0. The van der Waals surface area contributed by atoms with Gasteiger partial charge < -0.3 is 9.84 Å². The number of aromatic carboxylic acids is 1. The largest absolute Gasteiger partial charge is 0.497 e. The van der Waals surface area contributed by atoms with Crippen LogP contribution in [0.15, 0.2) is 109 Å². The minimum atomic E-state index is -0.958. The zero-order chi connectivity index (χ0) is 23.5. The van der Waals surface area contributed by atoms with Gasteiger partial charge in [-0.25, -0.2) is 9.78 Å². The molecule has 0 aliphatic heterocycles. The Hall–Kier alpha value is -4.64. The number of hydrogen-bond donors (Lipinski definition) is 1. The molecule has 0 amide bonds. The van der Waals surface area contributed by atoms with Crippen LogP contribution in [-0.2, 0) is 0 Å². The van der Waals surface area contributed by atoms with Gasteiger partial charge in [0, 0.05) is 22.4 Å². The van der Waals surface area contributed by atoms with Gasteiger partial charge >= 0.3 is 5.97 Å². The molecular weight excluding hydrogens is 424 g/mol. The molecule has 4 aromatic carbocycles. The van der Waals surface area contributed by atoms with E-state index in [1.54, 1.807) is 19.2 Å². The molecule has 0 atom stereocenters. The molecule has 0 fully saturated rings. The molecule has 0 aliphatic carbocycles. The van der Waals surface area contributed by atoms with Gasteiger partial charge in [0.15, 0.2) is 0 Å². The average Bonchev–Trinajstić information content (AvgIpc) is 3.30. The molecule has 0 radical (unpaired) electrons. The highest BCUT2D eigenvalue weighted by molar-refractivity contribution is 5.88. The highest BCUT2D eigenvalue weighted by Gasteiger charge is 2.22. The first-order valence-electron chi connectivity index (χ1n) is 10.9. The minimum Gasteiger partial charge on any atom is -0.497 e. The molecule has 5 heteroatoms. The van der Waals surface area contributed by atoms with Crippen molar-refractivity contribution in [2.24, 2.45) is 0 Å². The first-order chi connectivity index (χ1) is 16.7. The summed E-state index contributed by atoms with van der Waals surface area (Å²) in [7, 11) is 1.64. The molecule has 5 aromatic rings. The van der Waals surface area contributed by atoms with Gasteiger partial charge in [-0.3, -0.25) is 4.57 Å². The second-order valence-electron chi connectivity index (χ2n) is 7.78. The zero-order valence-electron chi connectivity index (χ0n) is 18.6. The Balaban J connectivity index is 1.83. The van der Waals surface area contributed by atoms with E-state index in [2.05, 4.69) is 16.7 Å². The molecule has 1 heterocycles. The number of carbonyl (C=O) groups is 1. The lowest BCUT2D eigenvalue weighted by molar-refractivity contribution is 0.0697. The molecule has 166 valence electrons. The number of rotatable bonds is 6. The Labute approximate surface area is 197 Å². The van der Waals surface area contributed by atoms with Crippen molar-refractivity contribution in [3.63, 3.8) is 0 Å². The highest BCUT2D eigenvalue weighted by Crippen LogP contribution is 2.38. The first kappa shape index (κ1) is 21.2. The van der Waals surface area contributed by atoms with E-state index in [1.165, 1.54) is 0 Å². The summed E-state index contributed by atoms with van der Waals surface area (Å²) in [5, 5.41) is 9.38. The van der Waals surface area contributed by atoms with E-state index < -0.39 is 5.97 Å². The fourth-order valence-electron chi connectivity index (χ4n) is 4.02. The van der Waals surface area contributed by atoms with E-state index in [9.17, 15) is 9.90 Å². The molecule has 1 aromatic heterocycles. The topological polar surface area (TPSA) is 64.4 Å². The van der Waals surface area contributed by atoms with Gasteiger partial charge in [-0.15, -0.1) is 0 Å². The Morgan fingerprint density at radius 1 is 0.735 bits per heavy atom. The summed E-state index contributed by atoms with van der Waals surface area (Å²) in [6.45, 7) is 0. The van der Waals surface area contributed by atoms with E-state index >= 15 is 0 Å². The third kappa shape index (κ3) is 3.95. The molecule has 0 saturated heterocycles. The molecular formula is C29H22N2O3. The Bertz CT molecular complexity index is 1420. The van der Waals surface area contributed by atoms with E-state index in [0.29, 0.717) is 0 Å². The number of imidazole rings is 1. The summed E-state index contributed by atoms with van der Waals surface area (Å²) in [5.41, 5.74) is 5.76. The van der Waals surface area contributed by atoms with Crippen LogP contribution in [0.5, 0.6) is 5.75 Å². The summed E-state index contributed by atoms with van der Waals surface area (Å²) in [6, 6.07) is 34.8. The molecule has 0 aliphatic rings. The van der Waals surface area contributed by atoms with Crippen LogP contribution in [0.3, 0.4) is 0 Å². The van der Waals surface area contributed by atoms with Crippen LogP contribution in [0.2, 0.25) is 0 Å². The van der Waals surface area contributed by atoms with Crippen LogP contribution < -0.4 is 4.74 Å². The summed E-state index contributed by atoms with van der Waals surface area (Å²) in [5.74, 6) is 0.559. The number of hydrogen-bond acceptors (Lipinski definition) is 3. The molecule has 0 unspecified atom stereocenters. The average molecular weight is 447 g/mol.